The van der Waals surface area contributed by atoms with Gasteiger partial charge in [0.25, 0.3) is 0 Å². The van der Waals surface area contributed by atoms with Crippen LogP contribution in [0.15, 0.2) is 36.4 Å². The maximum absolute atomic E-state index is 13.2. The van der Waals surface area contributed by atoms with E-state index in [4.69, 9.17) is 21.1 Å². The van der Waals surface area contributed by atoms with Gasteiger partial charge in [0.1, 0.15) is 0 Å². The number of benzene rings is 2. The lowest BCUT2D eigenvalue weighted by molar-refractivity contribution is 0.0528. The highest BCUT2D eigenvalue weighted by Gasteiger charge is 2.33. The van der Waals surface area contributed by atoms with E-state index in [0.29, 0.717) is 22.9 Å². The van der Waals surface area contributed by atoms with Crippen LogP contribution in [0.2, 0.25) is 5.02 Å². The van der Waals surface area contributed by atoms with E-state index >= 15 is 0 Å². The highest BCUT2D eigenvalue weighted by molar-refractivity contribution is 6.31. The Balaban J connectivity index is 0.00000141. The van der Waals surface area contributed by atoms with E-state index in [9.17, 15) is 9.90 Å². The van der Waals surface area contributed by atoms with Crippen LogP contribution in [-0.2, 0) is 24.1 Å². The van der Waals surface area contributed by atoms with Crippen LogP contribution in [-0.4, -0.2) is 29.4 Å². The number of fused-ring (bicyclic) bond motifs is 3. The van der Waals surface area contributed by atoms with Gasteiger partial charge in [0, 0.05) is 28.4 Å². The van der Waals surface area contributed by atoms with E-state index in [0.717, 1.165) is 46.5 Å². The summed E-state index contributed by atoms with van der Waals surface area (Å²) >= 11 is 6.28. The second kappa shape index (κ2) is 10.1. The van der Waals surface area contributed by atoms with Gasteiger partial charge in [-0.2, -0.15) is 0 Å². The molecule has 1 aliphatic heterocycles. The number of rotatable bonds is 5. The molecule has 0 aliphatic carbocycles. The highest BCUT2D eigenvalue weighted by Crippen LogP contribution is 2.45. The number of halogens is 1. The third-order valence-electron chi connectivity index (χ3n) is 5.56. The van der Waals surface area contributed by atoms with Gasteiger partial charge in [-0.15, -0.1) is 0 Å². The Morgan fingerprint density at radius 3 is 2.56 bits per heavy atom. The predicted molar refractivity (Wildman–Crippen MR) is 129 cm³/mol. The zero-order valence-corrected chi connectivity index (χ0v) is 20.0. The quantitative estimate of drug-likeness (QED) is 0.445. The van der Waals surface area contributed by atoms with Crippen LogP contribution in [0.4, 0.5) is 0 Å². The van der Waals surface area contributed by atoms with E-state index in [1.54, 1.807) is 19.1 Å². The molecule has 5 nitrogen and oxygen atoms in total. The molecule has 0 fully saturated rings. The lowest BCUT2D eigenvalue weighted by Gasteiger charge is -2.23. The predicted octanol–water partition coefficient (Wildman–Crippen LogP) is 6.51. The van der Waals surface area contributed by atoms with Gasteiger partial charge in [-0.3, -0.25) is 0 Å². The smallest absolute Gasteiger partial charge is 0.340 e. The van der Waals surface area contributed by atoms with Gasteiger partial charge in [0.15, 0.2) is 11.5 Å². The third kappa shape index (κ3) is 4.09. The van der Waals surface area contributed by atoms with Gasteiger partial charge in [-0.25, -0.2) is 4.79 Å². The zero-order chi connectivity index (χ0) is 23.4. The number of hydrogen-bond donors (Lipinski definition) is 1. The Hall–Kier alpha value is -2.92. The molecule has 6 heteroatoms. The van der Waals surface area contributed by atoms with Crippen molar-refractivity contribution in [2.75, 3.05) is 13.7 Å². The normalized spacial score (nSPS) is 11.7. The molecule has 0 atom stereocenters. The van der Waals surface area contributed by atoms with Crippen molar-refractivity contribution >= 4 is 17.6 Å². The molecule has 0 saturated heterocycles. The van der Waals surface area contributed by atoms with Gasteiger partial charge in [-0.05, 0) is 55.2 Å². The summed E-state index contributed by atoms with van der Waals surface area (Å²) in [6, 6.07) is 11.1. The van der Waals surface area contributed by atoms with Crippen LogP contribution in [0.1, 0.15) is 49.3 Å². The van der Waals surface area contributed by atoms with Gasteiger partial charge in [-0.1, -0.05) is 44.5 Å². The third-order valence-corrected chi connectivity index (χ3v) is 5.80. The molecule has 1 aromatic heterocycles. The molecule has 0 amide bonds. The molecule has 32 heavy (non-hydrogen) atoms. The minimum absolute atomic E-state index is 0.0970. The van der Waals surface area contributed by atoms with Crippen LogP contribution in [0.25, 0.3) is 22.4 Å². The summed E-state index contributed by atoms with van der Waals surface area (Å²) in [6.07, 6.45) is 1.50. The Bertz CT molecular complexity index is 1130. The molecule has 0 bridgehead atoms. The molecule has 2 heterocycles. The molecule has 4 rings (SSSR count). The molecule has 1 N–H and O–H groups in total. The molecule has 1 aliphatic rings. The number of carbonyl (C=O) groups is 1. The largest absolute Gasteiger partial charge is 0.504 e. The fourth-order valence-corrected chi connectivity index (χ4v) is 4.54. The fourth-order valence-electron chi connectivity index (χ4n) is 4.35. The van der Waals surface area contributed by atoms with Crippen molar-refractivity contribution in [1.82, 2.24) is 4.57 Å². The Labute approximate surface area is 194 Å². The zero-order valence-electron chi connectivity index (χ0n) is 19.3. The number of esters is 1. The number of carbonyl (C=O) groups excluding carboxylic acids is 1. The number of nitrogens with zero attached hydrogens (tertiary/aromatic N) is 1. The number of phenols is 1. The number of aromatic nitrogens is 1. The van der Waals surface area contributed by atoms with Gasteiger partial charge in [0.05, 0.1) is 25.0 Å². The van der Waals surface area contributed by atoms with Crippen LogP contribution >= 0.6 is 11.6 Å². The first kappa shape index (κ1) is 23.7. The maximum atomic E-state index is 13.2. The minimum atomic E-state index is -0.365. The monoisotopic (exact) mass is 455 g/mol. The summed E-state index contributed by atoms with van der Waals surface area (Å²) in [4.78, 5) is 13.2. The molecular weight excluding hydrogens is 426 g/mol. The number of ether oxygens (including phenoxy) is 2. The molecule has 0 saturated carbocycles. The average Bonchev–Trinajstić information content (AvgIpc) is 3.15. The molecule has 0 unspecified atom stereocenters. The first-order valence-electron chi connectivity index (χ1n) is 11.1. The summed E-state index contributed by atoms with van der Waals surface area (Å²) in [5, 5.41) is 10.9. The lowest BCUT2D eigenvalue weighted by atomic mass is 9.93. The number of methoxy groups -OCH3 is 1. The molecular formula is C26H30ClNO4. The number of aromatic hydroxyl groups is 1. The maximum Gasteiger partial charge on any atom is 0.340 e. The van der Waals surface area contributed by atoms with Crippen molar-refractivity contribution in [1.29, 1.82) is 0 Å². The van der Waals surface area contributed by atoms with Gasteiger partial charge < -0.3 is 19.1 Å². The number of hydrogen-bond acceptors (Lipinski definition) is 4. The Kier molecular flexibility index (Phi) is 7.52. The minimum Gasteiger partial charge on any atom is -0.504 e. The van der Waals surface area contributed by atoms with Crippen molar-refractivity contribution in [3.8, 4) is 33.9 Å². The summed E-state index contributed by atoms with van der Waals surface area (Å²) in [7, 11) is 1.52. The lowest BCUT2D eigenvalue weighted by Crippen LogP contribution is -2.15. The second-order valence-electron chi connectivity index (χ2n) is 7.21. The summed E-state index contributed by atoms with van der Waals surface area (Å²) in [6.45, 7) is 8.88. The first-order chi connectivity index (χ1) is 15.5. The molecule has 0 radical (unpaired) electrons. The average molecular weight is 456 g/mol. The summed E-state index contributed by atoms with van der Waals surface area (Å²) < 4.78 is 13.0. The number of aryl methyl sites for hydroxylation is 1. The standard InChI is InChI=1S/C24H24ClNO4.C2H6/c1-4-18-21(15-7-6-8-16(25)11-15)22(24(28)30-5-2)23-17-13-20(29-3)19(27)12-14(17)9-10-26(18)23;1-2/h6-8,11-13,27H,4-5,9-10H2,1-3H3;1-2H3. The van der Waals surface area contributed by atoms with E-state index in [2.05, 4.69) is 11.5 Å². The van der Waals surface area contributed by atoms with Crippen molar-refractivity contribution in [2.45, 2.75) is 47.1 Å². The highest BCUT2D eigenvalue weighted by atomic mass is 35.5. The van der Waals surface area contributed by atoms with E-state index in [-0.39, 0.29) is 18.3 Å². The molecule has 170 valence electrons. The molecule has 2 aromatic carbocycles. The SMILES string of the molecule is CC.CCOC(=O)c1c(-c2cccc(Cl)c2)c(CC)n2c1-c1cc(OC)c(O)cc1CC2. The van der Waals surface area contributed by atoms with Crippen LogP contribution in [0.3, 0.4) is 0 Å². The molecule has 3 aromatic rings. The van der Waals surface area contributed by atoms with Crippen molar-refractivity contribution in [3.63, 3.8) is 0 Å². The van der Waals surface area contributed by atoms with E-state index < -0.39 is 0 Å². The van der Waals surface area contributed by atoms with Crippen molar-refractivity contribution < 1.29 is 19.4 Å². The summed E-state index contributed by atoms with van der Waals surface area (Å²) in [5.74, 6) is 0.108. The van der Waals surface area contributed by atoms with Crippen LogP contribution < -0.4 is 4.74 Å². The van der Waals surface area contributed by atoms with Gasteiger partial charge >= 0.3 is 5.97 Å². The fraction of sp³-hybridized carbons (Fsp3) is 0.346. The Morgan fingerprint density at radius 1 is 1.19 bits per heavy atom. The Morgan fingerprint density at radius 2 is 1.94 bits per heavy atom. The van der Waals surface area contributed by atoms with Crippen LogP contribution in [0.5, 0.6) is 11.5 Å². The van der Waals surface area contributed by atoms with Crippen LogP contribution in [0, 0.1) is 0 Å². The van der Waals surface area contributed by atoms with E-state index in [1.807, 2.05) is 38.1 Å². The summed E-state index contributed by atoms with van der Waals surface area (Å²) in [5.41, 5.74) is 5.99. The van der Waals surface area contributed by atoms with Crippen molar-refractivity contribution in [2.24, 2.45) is 0 Å². The van der Waals surface area contributed by atoms with E-state index in [1.165, 1.54) is 7.11 Å². The van der Waals surface area contributed by atoms with Crippen molar-refractivity contribution in [3.05, 3.63) is 58.2 Å². The topological polar surface area (TPSA) is 60.7 Å². The second-order valence-corrected chi connectivity index (χ2v) is 7.65. The van der Waals surface area contributed by atoms with Gasteiger partial charge in [0.2, 0.25) is 0 Å². The first-order valence-corrected chi connectivity index (χ1v) is 11.5. The molecule has 0 spiro atoms. The number of phenolic OH excluding ortho intramolecular Hbond substituents is 1.